The van der Waals surface area contributed by atoms with Crippen molar-refractivity contribution in [3.05, 3.63) is 90.0 Å². The topological polar surface area (TPSA) is 59.9 Å². The number of hydrazone groups is 1. The summed E-state index contributed by atoms with van der Waals surface area (Å²) < 4.78 is 11.3. The van der Waals surface area contributed by atoms with Gasteiger partial charge < -0.3 is 9.47 Å². The fraction of sp³-hybridized carbons (Fsp3) is 0.200. The van der Waals surface area contributed by atoms with Gasteiger partial charge in [0.15, 0.2) is 0 Å². The molecular weight excluding hydrogens is 376 g/mol. The van der Waals surface area contributed by atoms with Crippen LogP contribution in [0.25, 0.3) is 0 Å². The number of hydrogen-bond donors (Lipinski definition) is 1. The second-order valence-corrected chi connectivity index (χ2v) is 7.27. The molecule has 0 unspecified atom stereocenters. The molecule has 0 aromatic heterocycles. The lowest BCUT2D eigenvalue weighted by Gasteiger charge is -2.23. The van der Waals surface area contributed by atoms with E-state index in [0.717, 1.165) is 22.6 Å². The van der Waals surface area contributed by atoms with Crippen LogP contribution >= 0.6 is 0 Å². The smallest absolute Gasteiger partial charge is 0.250 e. The molecule has 30 heavy (non-hydrogen) atoms. The number of rotatable bonds is 8. The Morgan fingerprint density at radius 2 is 1.63 bits per heavy atom. The maximum Gasteiger partial charge on any atom is 0.250 e. The van der Waals surface area contributed by atoms with Crippen molar-refractivity contribution in [2.24, 2.45) is 5.10 Å². The first kappa shape index (κ1) is 21.1. The minimum Gasteiger partial charge on any atom is -0.494 e. The molecule has 3 aromatic rings. The minimum atomic E-state index is -0.736. The summed E-state index contributed by atoms with van der Waals surface area (Å²) in [5, 5.41) is 4.12. The molecule has 0 fully saturated rings. The average molecular weight is 402 g/mol. The van der Waals surface area contributed by atoms with Crippen molar-refractivity contribution in [2.45, 2.75) is 26.2 Å². The summed E-state index contributed by atoms with van der Waals surface area (Å²) in [5.74, 6) is 2.05. The summed E-state index contributed by atoms with van der Waals surface area (Å²) >= 11 is 0. The lowest BCUT2D eigenvalue weighted by Crippen LogP contribution is -2.37. The van der Waals surface area contributed by atoms with Gasteiger partial charge >= 0.3 is 0 Å². The summed E-state index contributed by atoms with van der Waals surface area (Å²) in [6, 6.07) is 24.6. The highest BCUT2D eigenvalue weighted by Gasteiger charge is 2.29. The predicted octanol–water partition coefficient (Wildman–Crippen LogP) is 5.31. The third kappa shape index (κ3) is 5.47. The van der Waals surface area contributed by atoms with E-state index in [1.807, 2.05) is 99.6 Å². The molecule has 0 aliphatic heterocycles. The first-order chi connectivity index (χ1) is 14.5. The van der Waals surface area contributed by atoms with Gasteiger partial charge in [-0.15, -0.1) is 0 Å². The van der Waals surface area contributed by atoms with E-state index in [1.54, 1.807) is 6.21 Å². The van der Waals surface area contributed by atoms with Crippen LogP contribution in [0.15, 0.2) is 84.0 Å². The van der Waals surface area contributed by atoms with Crippen LogP contribution in [0.3, 0.4) is 0 Å². The zero-order valence-corrected chi connectivity index (χ0v) is 17.5. The average Bonchev–Trinajstić information content (AvgIpc) is 2.75. The van der Waals surface area contributed by atoms with Crippen LogP contribution in [0.4, 0.5) is 0 Å². The molecule has 1 amide bonds. The second kappa shape index (κ2) is 9.74. The largest absolute Gasteiger partial charge is 0.494 e. The Kier molecular flexibility index (Phi) is 6.86. The van der Waals surface area contributed by atoms with Gasteiger partial charge in [0.2, 0.25) is 5.91 Å². The maximum atomic E-state index is 12.7. The molecule has 0 atom stereocenters. The third-order valence-corrected chi connectivity index (χ3v) is 4.67. The first-order valence-electron chi connectivity index (χ1n) is 9.89. The van der Waals surface area contributed by atoms with E-state index in [-0.39, 0.29) is 5.91 Å². The molecule has 3 aromatic carbocycles. The molecule has 0 saturated heterocycles. The van der Waals surface area contributed by atoms with Gasteiger partial charge in [0.25, 0.3) is 0 Å². The normalized spacial score (nSPS) is 11.3. The molecule has 0 aliphatic carbocycles. The summed E-state index contributed by atoms with van der Waals surface area (Å²) in [6.45, 7) is 6.27. The van der Waals surface area contributed by atoms with Crippen LogP contribution in [0, 0.1) is 0 Å². The van der Waals surface area contributed by atoms with E-state index >= 15 is 0 Å². The SMILES string of the molecule is CCOc1ccc(C(C)(C)C(=O)N/N=C\c2cccc(Oc3ccccc3)c2)cc1. The third-order valence-electron chi connectivity index (χ3n) is 4.67. The van der Waals surface area contributed by atoms with Gasteiger partial charge in [-0.25, -0.2) is 5.43 Å². The standard InChI is InChI=1S/C25H26N2O3/c1-4-29-21-15-13-20(14-16-21)25(2,3)24(28)27-26-18-19-9-8-12-23(17-19)30-22-10-6-5-7-11-22/h5-18H,4H2,1-3H3,(H,27,28)/b26-18-. The molecule has 0 bridgehead atoms. The molecule has 0 radical (unpaired) electrons. The van der Waals surface area contributed by atoms with Crippen LogP contribution in [0.5, 0.6) is 17.2 Å². The van der Waals surface area contributed by atoms with Crippen molar-refractivity contribution in [3.63, 3.8) is 0 Å². The monoisotopic (exact) mass is 402 g/mol. The van der Waals surface area contributed by atoms with Gasteiger partial charge in [0, 0.05) is 0 Å². The number of ether oxygens (including phenoxy) is 2. The quantitative estimate of drug-likeness (QED) is 0.411. The zero-order valence-electron chi connectivity index (χ0n) is 17.5. The number of hydrogen-bond acceptors (Lipinski definition) is 4. The Labute approximate surface area is 177 Å². The Morgan fingerprint density at radius 1 is 0.933 bits per heavy atom. The van der Waals surface area contributed by atoms with Gasteiger partial charge in [-0.1, -0.05) is 42.5 Å². The van der Waals surface area contributed by atoms with E-state index in [1.165, 1.54) is 0 Å². The molecule has 0 saturated carbocycles. The molecule has 0 aliphatic rings. The number of carbonyl (C=O) groups is 1. The van der Waals surface area contributed by atoms with E-state index in [0.29, 0.717) is 12.4 Å². The summed E-state index contributed by atoms with van der Waals surface area (Å²) in [5.41, 5.74) is 3.61. The maximum absolute atomic E-state index is 12.7. The van der Waals surface area contributed by atoms with Gasteiger partial charge in [0.1, 0.15) is 17.2 Å². The molecule has 0 spiro atoms. The summed E-state index contributed by atoms with van der Waals surface area (Å²) in [7, 11) is 0. The molecule has 5 nitrogen and oxygen atoms in total. The molecule has 1 N–H and O–H groups in total. The second-order valence-electron chi connectivity index (χ2n) is 7.27. The van der Waals surface area contributed by atoms with Crippen LogP contribution < -0.4 is 14.9 Å². The molecular formula is C25H26N2O3. The van der Waals surface area contributed by atoms with E-state index in [2.05, 4.69) is 10.5 Å². The van der Waals surface area contributed by atoms with Gasteiger partial charge in [-0.2, -0.15) is 5.10 Å². The Hall–Kier alpha value is -3.60. The van der Waals surface area contributed by atoms with Crippen molar-refractivity contribution in [1.29, 1.82) is 0 Å². The number of carbonyl (C=O) groups excluding carboxylic acids is 1. The Balaban J connectivity index is 1.62. The highest BCUT2D eigenvalue weighted by molar-refractivity contribution is 5.89. The Bertz CT molecular complexity index is 996. The number of nitrogens with one attached hydrogen (secondary N) is 1. The lowest BCUT2D eigenvalue weighted by atomic mass is 9.84. The van der Waals surface area contributed by atoms with Crippen molar-refractivity contribution in [1.82, 2.24) is 5.43 Å². The van der Waals surface area contributed by atoms with Crippen LogP contribution in [0.2, 0.25) is 0 Å². The van der Waals surface area contributed by atoms with E-state index in [9.17, 15) is 4.79 Å². The Morgan fingerprint density at radius 3 is 2.33 bits per heavy atom. The van der Waals surface area contributed by atoms with Crippen LogP contribution in [-0.4, -0.2) is 18.7 Å². The van der Waals surface area contributed by atoms with Crippen molar-refractivity contribution in [3.8, 4) is 17.2 Å². The van der Waals surface area contributed by atoms with Crippen molar-refractivity contribution >= 4 is 12.1 Å². The van der Waals surface area contributed by atoms with Crippen molar-refractivity contribution in [2.75, 3.05) is 6.61 Å². The van der Waals surface area contributed by atoms with E-state index < -0.39 is 5.41 Å². The molecule has 5 heteroatoms. The lowest BCUT2D eigenvalue weighted by molar-refractivity contribution is -0.125. The van der Waals surface area contributed by atoms with Crippen LogP contribution in [-0.2, 0) is 10.2 Å². The van der Waals surface area contributed by atoms with Crippen LogP contribution in [0.1, 0.15) is 31.9 Å². The fourth-order valence-corrected chi connectivity index (χ4v) is 2.85. The molecule has 154 valence electrons. The highest BCUT2D eigenvalue weighted by atomic mass is 16.5. The fourth-order valence-electron chi connectivity index (χ4n) is 2.85. The summed E-state index contributed by atoms with van der Waals surface area (Å²) in [6.07, 6.45) is 1.60. The highest BCUT2D eigenvalue weighted by Crippen LogP contribution is 2.26. The number of benzene rings is 3. The van der Waals surface area contributed by atoms with Crippen molar-refractivity contribution < 1.29 is 14.3 Å². The zero-order chi connectivity index (χ0) is 21.4. The first-order valence-corrected chi connectivity index (χ1v) is 9.89. The predicted molar refractivity (Wildman–Crippen MR) is 119 cm³/mol. The molecule has 0 heterocycles. The number of nitrogens with zero attached hydrogens (tertiary/aromatic N) is 1. The molecule has 3 rings (SSSR count). The van der Waals surface area contributed by atoms with Gasteiger partial charge in [-0.05, 0) is 68.3 Å². The minimum absolute atomic E-state index is 0.195. The summed E-state index contributed by atoms with van der Waals surface area (Å²) in [4.78, 5) is 12.7. The van der Waals surface area contributed by atoms with E-state index in [4.69, 9.17) is 9.47 Å². The number of amides is 1. The van der Waals surface area contributed by atoms with Gasteiger partial charge in [-0.3, -0.25) is 4.79 Å². The van der Waals surface area contributed by atoms with Gasteiger partial charge in [0.05, 0.1) is 18.2 Å². The number of para-hydroxylation sites is 1.